The summed E-state index contributed by atoms with van der Waals surface area (Å²) in [4.78, 5) is 10.7. The highest BCUT2D eigenvalue weighted by Crippen LogP contribution is 2.28. The van der Waals surface area contributed by atoms with Crippen LogP contribution in [0.5, 0.6) is 0 Å². The number of nitrogens with zero attached hydrogens (tertiary/aromatic N) is 1. The first-order valence-corrected chi connectivity index (χ1v) is 4.59. The minimum Gasteiger partial charge on any atom is -0.326 e. The molecule has 0 saturated heterocycles. The molecular weight excluding hydrogens is 190 g/mol. The Morgan fingerprint density at radius 1 is 1.54 bits per heavy atom. The highest BCUT2D eigenvalue weighted by atomic mass is 32.1. The average Bonchev–Trinajstić information content (AvgIpc) is 2.50. The molecule has 0 aromatic carbocycles. The molecule has 72 valence electrons. The van der Waals surface area contributed by atoms with E-state index in [0.29, 0.717) is 0 Å². The third kappa shape index (κ3) is 2.24. The summed E-state index contributed by atoms with van der Waals surface area (Å²) in [7, 11) is 0. The first-order chi connectivity index (χ1) is 6.02. The normalized spacial score (nSPS) is 15.3. The van der Waals surface area contributed by atoms with E-state index < -0.39 is 4.92 Å². The van der Waals surface area contributed by atoms with Gasteiger partial charge in [-0.1, -0.05) is 11.3 Å². The first-order valence-electron chi connectivity index (χ1n) is 3.77. The predicted octanol–water partition coefficient (Wildman–Crippen LogP) is 1.00. The number of hydrogen-bond acceptors (Lipinski definition) is 5. The van der Waals surface area contributed by atoms with Crippen molar-refractivity contribution in [2.75, 3.05) is 0 Å². The largest absolute Gasteiger partial charge is 0.326 e. The van der Waals surface area contributed by atoms with E-state index in [0.717, 1.165) is 16.2 Å². The molecule has 6 heteroatoms. The average molecular weight is 201 g/mol. The van der Waals surface area contributed by atoms with Crippen molar-refractivity contribution < 1.29 is 4.92 Å². The van der Waals surface area contributed by atoms with Gasteiger partial charge in [0, 0.05) is 17.0 Å². The summed E-state index contributed by atoms with van der Waals surface area (Å²) in [5.74, 6) is 0. The lowest BCUT2D eigenvalue weighted by atomic mass is 10.1. The zero-order valence-corrected chi connectivity index (χ0v) is 7.95. The van der Waals surface area contributed by atoms with Crippen LogP contribution in [0.3, 0.4) is 0 Å². The fraction of sp³-hybridized carbons (Fsp3) is 0.429. The molecule has 0 aliphatic rings. The second-order valence-corrected chi connectivity index (χ2v) is 3.91. The highest BCUT2D eigenvalue weighted by molar-refractivity contribution is 7.15. The summed E-state index contributed by atoms with van der Waals surface area (Å²) >= 11 is 1.07. The minimum atomic E-state index is -0.429. The quantitative estimate of drug-likeness (QED) is 0.563. The van der Waals surface area contributed by atoms with Crippen molar-refractivity contribution >= 4 is 16.3 Å². The maximum atomic E-state index is 10.4. The van der Waals surface area contributed by atoms with Crippen molar-refractivity contribution in [3.05, 3.63) is 27.1 Å². The van der Waals surface area contributed by atoms with Crippen LogP contribution in [0.4, 0.5) is 5.00 Å². The van der Waals surface area contributed by atoms with Crippen LogP contribution in [0.25, 0.3) is 0 Å². The second-order valence-electron chi connectivity index (χ2n) is 2.82. The molecule has 13 heavy (non-hydrogen) atoms. The van der Waals surface area contributed by atoms with Gasteiger partial charge in [-0.25, -0.2) is 0 Å². The van der Waals surface area contributed by atoms with E-state index in [4.69, 9.17) is 11.5 Å². The monoisotopic (exact) mass is 201 g/mol. The van der Waals surface area contributed by atoms with Gasteiger partial charge < -0.3 is 11.5 Å². The molecule has 1 heterocycles. The Bertz CT molecular complexity index is 310. The zero-order valence-electron chi connectivity index (χ0n) is 7.14. The van der Waals surface area contributed by atoms with Crippen LogP contribution in [0.2, 0.25) is 0 Å². The van der Waals surface area contributed by atoms with E-state index in [1.54, 1.807) is 13.0 Å². The van der Waals surface area contributed by atoms with Crippen LogP contribution < -0.4 is 11.5 Å². The van der Waals surface area contributed by atoms with Gasteiger partial charge in [-0.2, -0.15) is 0 Å². The van der Waals surface area contributed by atoms with Gasteiger partial charge in [0.1, 0.15) is 0 Å². The summed E-state index contributed by atoms with van der Waals surface area (Å²) in [6.07, 6.45) is 0. The van der Waals surface area contributed by atoms with Crippen molar-refractivity contribution in [2.24, 2.45) is 11.5 Å². The standard InChI is InChI=1S/C7H11N3O2S/c1-4(8)7(9)5-2-3-6(13-5)10(11)12/h2-4,7H,8-9H2,1H3/t4-,7+/m0/s1. The zero-order chi connectivity index (χ0) is 10.0. The Morgan fingerprint density at radius 3 is 2.54 bits per heavy atom. The van der Waals surface area contributed by atoms with E-state index in [9.17, 15) is 10.1 Å². The Morgan fingerprint density at radius 2 is 2.15 bits per heavy atom. The number of thiophene rings is 1. The van der Waals surface area contributed by atoms with Crippen LogP contribution in [0.15, 0.2) is 12.1 Å². The molecule has 1 rings (SSSR count). The molecule has 0 aliphatic carbocycles. The Kier molecular flexibility index (Phi) is 2.97. The molecule has 0 aliphatic heterocycles. The summed E-state index contributed by atoms with van der Waals surface area (Å²) in [5, 5.41) is 10.5. The Labute approximate surface area is 79.5 Å². The van der Waals surface area contributed by atoms with E-state index in [2.05, 4.69) is 0 Å². The topological polar surface area (TPSA) is 95.2 Å². The maximum absolute atomic E-state index is 10.4. The SMILES string of the molecule is C[C@H](N)[C@@H](N)c1ccc([N+](=O)[O-])s1. The molecule has 0 unspecified atom stereocenters. The molecule has 0 radical (unpaired) electrons. The molecule has 0 saturated carbocycles. The molecule has 0 spiro atoms. The van der Waals surface area contributed by atoms with Gasteiger partial charge in [0.2, 0.25) is 0 Å². The number of hydrogen-bond donors (Lipinski definition) is 2. The number of nitrogens with two attached hydrogens (primary N) is 2. The van der Waals surface area contributed by atoms with E-state index in [-0.39, 0.29) is 17.1 Å². The van der Waals surface area contributed by atoms with Crippen molar-refractivity contribution in [1.29, 1.82) is 0 Å². The molecular formula is C7H11N3O2S. The third-order valence-electron chi connectivity index (χ3n) is 1.69. The maximum Gasteiger partial charge on any atom is 0.324 e. The summed E-state index contributed by atoms with van der Waals surface area (Å²) in [6, 6.07) is 2.58. The van der Waals surface area contributed by atoms with Crippen LogP contribution in [-0.4, -0.2) is 11.0 Å². The Hall–Kier alpha value is -0.980. The molecule has 0 amide bonds. The summed E-state index contributed by atoms with van der Waals surface area (Å²) < 4.78 is 0. The van der Waals surface area contributed by atoms with Crippen LogP contribution in [0, 0.1) is 10.1 Å². The Balaban J connectivity index is 2.85. The molecule has 1 aromatic heterocycles. The van der Waals surface area contributed by atoms with Crippen LogP contribution >= 0.6 is 11.3 Å². The van der Waals surface area contributed by atoms with Crippen LogP contribution in [0.1, 0.15) is 17.8 Å². The fourth-order valence-corrected chi connectivity index (χ4v) is 1.82. The molecule has 0 fully saturated rings. The van der Waals surface area contributed by atoms with Crippen molar-refractivity contribution in [3.63, 3.8) is 0 Å². The molecule has 5 nitrogen and oxygen atoms in total. The van der Waals surface area contributed by atoms with Crippen molar-refractivity contribution in [1.82, 2.24) is 0 Å². The van der Waals surface area contributed by atoms with E-state index in [1.165, 1.54) is 6.07 Å². The summed E-state index contributed by atoms with van der Waals surface area (Å²) in [5.41, 5.74) is 11.3. The van der Waals surface area contributed by atoms with Crippen LogP contribution in [-0.2, 0) is 0 Å². The van der Waals surface area contributed by atoms with Gasteiger partial charge in [-0.05, 0) is 13.0 Å². The second kappa shape index (κ2) is 3.82. The third-order valence-corrected chi connectivity index (χ3v) is 2.83. The number of nitro groups is 1. The minimum absolute atomic E-state index is 0.103. The van der Waals surface area contributed by atoms with Crippen molar-refractivity contribution in [3.8, 4) is 0 Å². The lowest BCUT2D eigenvalue weighted by Gasteiger charge is -2.12. The lowest BCUT2D eigenvalue weighted by molar-refractivity contribution is -0.380. The molecule has 2 atom stereocenters. The molecule has 4 N–H and O–H groups in total. The number of rotatable bonds is 3. The summed E-state index contributed by atoms with van der Waals surface area (Å²) in [6.45, 7) is 1.77. The van der Waals surface area contributed by atoms with Gasteiger partial charge in [-0.3, -0.25) is 10.1 Å². The highest BCUT2D eigenvalue weighted by Gasteiger charge is 2.17. The lowest BCUT2D eigenvalue weighted by Crippen LogP contribution is -2.30. The van der Waals surface area contributed by atoms with Crippen molar-refractivity contribution in [2.45, 2.75) is 19.0 Å². The predicted molar refractivity (Wildman–Crippen MR) is 51.6 cm³/mol. The van der Waals surface area contributed by atoms with Gasteiger partial charge in [-0.15, -0.1) is 0 Å². The van der Waals surface area contributed by atoms with E-state index >= 15 is 0 Å². The first kappa shape index (κ1) is 10.1. The van der Waals surface area contributed by atoms with Gasteiger partial charge in [0.25, 0.3) is 0 Å². The van der Waals surface area contributed by atoms with Gasteiger partial charge in [0.05, 0.1) is 11.0 Å². The molecule has 0 bridgehead atoms. The van der Waals surface area contributed by atoms with Gasteiger partial charge in [0.15, 0.2) is 0 Å². The van der Waals surface area contributed by atoms with Gasteiger partial charge >= 0.3 is 5.00 Å². The van der Waals surface area contributed by atoms with E-state index in [1.807, 2.05) is 0 Å². The smallest absolute Gasteiger partial charge is 0.324 e. The fourth-order valence-electron chi connectivity index (χ4n) is 0.879. The molecule has 1 aromatic rings.